The Hall–Kier alpha value is -2.96. The van der Waals surface area contributed by atoms with E-state index in [-0.39, 0.29) is 0 Å². The van der Waals surface area contributed by atoms with Crippen molar-refractivity contribution in [1.82, 2.24) is 20.2 Å². The number of rotatable bonds is 7. The van der Waals surface area contributed by atoms with Gasteiger partial charge in [-0.3, -0.25) is 0 Å². The van der Waals surface area contributed by atoms with E-state index in [4.69, 9.17) is 4.42 Å². The lowest BCUT2D eigenvalue weighted by Crippen LogP contribution is -2.03. The molecule has 2 N–H and O–H groups in total. The number of nitrogens with one attached hydrogen (secondary N) is 2. The molecule has 0 aliphatic carbocycles. The lowest BCUT2D eigenvalue weighted by Gasteiger charge is -2.04. The van der Waals surface area contributed by atoms with E-state index in [2.05, 4.69) is 37.7 Å². The van der Waals surface area contributed by atoms with Crippen molar-refractivity contribution in [3.05, 3.63) is 54.3 Å². The van der Waals surface area contributed by atoms with Gasteiger partial charge >= 0.3 is 6.01 Å². The van der Waals surface area contributed by atoms with E-state index in [1.807, 2.05) is 36.4 Å². The molecule has 23 heavy (non-hydrogen) atoms. The van der Waals surface area contributed by atoms with Gasteiger partial charge < -0.3 is 15.1 Å². The Morgan fingerprint density at radius 1 is 1.09 bits per heavy atom. The Labute approximate surface area is 134 Å². The maximum atomic E-state index is 5.60. The van der Waals surface area contributed by atoms with E-state index in [9.17, 15) is 0 Å². The van der Waals surface area contributed by atoms with E-state index in [1.165, 1.54) is 6.33 Å². The van der Waals surface area contributed by atoms with Crippen molar-refractivity contribution >= 4 is 17.5 Å². The highest BCUT2D eigenvalue weighted by Crippen LogP contribution is 2.16. The van der Waals surface area contributed by atoms with Crippen LogP contribution in [0.3, 0.4) is 0 Å². The Morgan fingerprint density at radius 3 is 2.78 bits per heavy atom. The molecule has 1 aromatic carbocycles. The highest BCUT2D eigenvalue weighted by molar-refractivity contribution is 5.51. The first-order chi connectivity index (χ1) is 11.3. The van der Waals surface area contributed by atoms with Gasteiger partial charge in [-0.1, -0.05) is 30.2 Å². The third-order valence-corrected chi connectivity index (χ3v) is 3.10. The minimum atomic E-state index is 0.365. The van der Waals surface area contributed by atoms with Gasteiger partial charge in [0.2, 0.25) is 5.89 Å². The van der Waals surface area contributed by atoms with Gasteiger partial charge in [-0.2, -0.15) is 0 Å². The van der Waals surface area contributed by atoms with Gasteiger partial charge in [0.1, 0.15) is 12.1 Å². The summed E-state index contributed by atoms with van der Waals surface area (Å²) in [5.41, 5.74) is 1.73. The zero-order valence-electron chi connectivity index (χ0n) is 12.9. The molecule has 0 aliphatic rings. The van der Waals surface area contributed by atoms with Crippen LogP contribution in [-0.4, -0.2) is 26.7 Å². The first kappa shape index (κ1) is 15.0. The molecule has 0 fully saturated rings. The normalized spacial score (nSPS) is 10.5. The summed E-state index contributed by atoms with van der Waals surface area (Å²) in [6.45, 7) is 2.98. The minimum Gasteiger partial charge on any atom is -0.407 e. The van der Waals surface area contributed by atoms with Gasteiger partial charge in [0, 0.05) is 18.3 Å². The van der Waals surface area contributed by atoms with Crippen molar-refractivity contribution in [2.75, 3.05) is 17.2 Å². The average molecular weight is 310 g/mol. The summed E-state index contributed by atoms with van der Waals surface area (Å²) in [5, 5.41) is 14.3. The fourth-order valence-electron chi connectivity index (χ4n) is 2.02. The SMILES string of the molecule is CCCNc1cc(Cc2nnc(Nc3ccccc3)o2)ncn1. The Bertz CT molecular complexity index is 743. The third-order valence-electron chi connectivity index (χ3n) is 3.10. The fourth-order valence-corrected chi connectivity index (χ4v) is 2.02. The molecule has 2 heterocycles. The summed E-state index contributed by atoms with van der Waals surface area (Å²) in [6.07, 6.45) is 3.04. The van der Waals surface area contributed by atoms with Gasteiger partial charge in [0.05, 0.1) is 12.1 Å². The van der Waals surface area contributed by atoms with Gasteiger partial charge in [-0.05, 0) is 18.6 Å². The second kappa shape index (κ2) is 7.35. The van der Waals surface area contributed by atoms with Crippen molar-refractivity contribution in [1.29, 1.82) is 0 Å². The smallest absolute Gasteiger partial charge is 0.320 e. The van der Waals surface area contributed by atoms with E-state index in [1.54, 1.807) is 0 Å². The van der Waals surface area contributed by atoms with Gasteiger partial charge in [0.25, 0.3) is 0 Å². The quantitative estimate of drug-likeness (QED) is 0.693. The molecule has 0 radical (unpaired) electrons. The molecule has 0 aliphatic heterocycles. The van der Waals surface area contributed by atoms with Gasteiger partial charge in [0.15, 0.2) is 0 Å². The van der Waals surface area contributed by atoms with E-state index >= 15 is 0 Å². The predicted octanol–water partition coefficient (Wildman–Crippen LogP) is 3.02. The number of para-hydroxylation sites is 1. The number of hydrogen-bond acceptors (Lipinski definition) is 7. The Balaban J connectivity index is 1.64. The summed E-state index contributed by atoms with van der Waals surface area (Å²) in [6, 6.07) is 11.9. The molecule has 0 amide bonds. The molecule has 118 valence electrons. The summed E-state index contributed by atoms with van der Waals surface area (Å²) >= 11 is 0. The summed E-state index contributed by atoms with van der Waals surface area (Å²) < 4.78 is 5.60. The molecule has 0 bridgehead atoms. The van der Waals surface area contributed by atoms with Crippen LogP contribution in [0, 0.1) is 0 Å². The van der Waals surface area contributed by atoms with Gasteiger partial charge in [-0.15, -0.1) is 5.10 Å². The van der Waals surface area contributed by atoms with Crippen LogP contribution in [0.1, 0.15) is 24.9 Å². The topological polar surface area (TPSA) is 88.8 Å². The molecule has 0 unspecified atom stereocenters. The van der Waals surface area contributed by atoms with Crippen LogP contribution in [0.5, 0.6) is 0 Å². The standard InChI is InChI=1S/C16H18N6O/c1-2-8-17-14-9-13(18-11-19-14)10-15-21-22-16(23-15)20-12-6-4-3-5-7-12/h3-7,9,11H,2,8,10H2,1H3,(H,20,22)(H,17,18,19). The summed E-state index contributed by atoms with van der Waals surface area (Å²) in [7, 11) is 0. The molecule has 0 atom stereocenters. The molecule has 3 aromatic rings. The van der Waals surface area contributed by atoms with Crippen LogP contribution in [0.4, 0.5) is 17.5 Å². The Kier molecular flexibility index (Phi) is 4.78. The summed E-state index contributed by atoms with van der Waals surface area (Å²) in [5.74, 6) is 1.31. The van der Waals surface area contributed by atoms with Crippen molar-refractivity contribution in [3.63, 3.8) is 0 Å². The number of anilines is 3. The number of aromatic nitrogens is 4. The largest absolute Gasteiger partial charge is 0.407 e. The number of nitrogens with zero attached hydrogens (tertiary/aromatic N) is 4. The second-order valence-corrected chi connectivity index (χ2v) is 4.99. The highest BCUT2D eigenvalue weighted by atomic mass is 16.4. The first-order valence-electron chi connectivity index (χ1n) is 7.52. The van der Waals surface area contributed by atoms with Crippen LogP contribution >= 0.6 is 0 Å². The molecule has 7 heteroatoms. The van der Waals surface area contributed by atoms with Crippen molar-refractivity contribution < 1.29 is 4.42 Å². The zero-order chi connectivity index (χ0) is 15.9. The summed E-state index contributed by atoms with van der Waals surface area (Å²) in [4.78, 5) is 8.42. The van der Waals surface area contributed by atoms with Crippen molar-refractivity contribution in [2.24, 2.45) is 0 Å². The van der Waals surface area contributed by atoms with Crippen LogP contribution in [0.15, 0.2) is 47.1 Å². The van der Waals surface area contributed by atoms with Crippen LogP contribution < -0.4 is 10.6 Å². The molecular weight excluding hydrogens is 292 g/mol. The number of hydrogen-bond donors (Lipinski definition) is 2. The Morgan fingerprint density at radius 2 is 1.96 bits per heavy atom. The maximum Gasteiger partial charge on any atom is 0.320 e. The monoisotopic (exact) mass is 310 g/mol. The molecule has 0 spiro atoms. The third kappa shape index (κ3) is 4.26. The first-order valence-corrected chi connectivity index (χ1v) is 7.52. The fraction of sp³-hybridized carbons (Fsp3) is 0.250. The van der Waals surface area contributed by atoms with Crippen molar-refractivity contribution in [3.8, 4) is 0 Å². The molecule has 3 rings (SSSR count). The lowest BCUT2D eigenvalue weighted by molar-refractivity contribution is 0.519. The highest BCUT2D eigenvalue weighted by Gasteiger charge is 2.08. The molecule has 0 saturated heterocycles. The van der Waals surface area contributed by atoms with E-state index < -0.39 is 0 Å². The zero-order valence-corrected chi connectivity index (χ0v) is 12.9. The number of benzene rings is 1. The predicted molar refractivity (Wildman–Crippen MR) is 87.6 cm³/mol. The lowest BCUT2D eigenvalue weighted by atomic mass is 10.3. The molecule has 7 nitrogen and oxygen atoms in total. The van der Waals surface area contributed by atoms with Crippen LogP contribution in [-0.2, 0) is 6.42 Å². The van der Waals surface area contributed by atoms with Crippen LogP contribution in [0.2, 0.25) is 0 Å². The van der Waals surface area contributed by atoms with Crippen LogP contribution in [0.25, 0.3) is 0 Å². The van der Waals surface area contributed by atoms with E-state index in [0.717, 1.165) is 30.2 Å². The molecule has 2 aromatic heterocycles. The minimum absolute atomic E-state index is 0.365. The van der Waals surface area contributed by atoms with E-state index in [0.29, 0.717) is 18.3 Å². The average Bonchev–Trinajstić information content (AvgIpc) is 3.01. The second-order valence-electron chi connectivity index (χ2n) is 4.99. The van der Waals surface area contributed by atoms with Gasteiger partial charge in [-0.25, -0.2) is 9.97 Å². The van der Waals surface area contributed by atoms with Crippen molar-refractivity contribution in [2.45, 2.75) is 19.8 Å². The maximum absolute atomic E-state index is 5.60. The molecule has 0 saturated carbocycles. The molecular formula is C16H18N6O.